The van der Waals surface area contributed by atoms with Crippen LogP contribution in [0.5, 0.6) is 0 Å². The van der Waals surface area contributed by atoms with Gasteiger partial charge < -0.3 is 15.4 Å². The van der Waals surface area contributed by atoms with E-state index in [4.69, 9.17) is 4.74 Å². The molecule has 3 atom stereocenters. The molecule has 0 amide bonds. The van der Waals surface area contributed by atoms with Gasteiger partial charge in [-0.05, 0) is 62.4 Å². The highest BCUT2D eigenvalue weighted by atomic mass is 19.1. The van der Waals surface area contributed by atoms with Gasteiger partial charge in [-0.25, -0.2) is 4.39 Å². The molecule has 5 heteroatoms. The lowest BCUT2D eigenvalue weighted by atomic mass is 9.92. The van der Waals surface area contributed by atoms with Gasteiger partial charge in [-0.15, -0.1) is 0 Å². The van der Waals surface area contributed by atoms with Crippen LogP contribution in [0.25, 0.3) is 0 Å². The molecule has 0 aromatic heterocycles. The smallest absolute Gasteiger partial charge is 0.123 e. The van der Waals surface area contributed by atoms with Gasteiger partial charge in [0, 0.05) is 31.2 Å². The second-order valence-electron chi connectivity index (χ2n) is 8.18. The summed E-state index contributed by atoms with van der Waals surface area (Å²) in [4.78, 5) is 2.49. The lowest BCUT2D eigenvalue weighted by Crippen LogP contribution is -2.53. The Hall–Kier alpha value is -1.01. The lowest BCUT2D eigenvalue weighted by molar-refractivity contribution is 0.0505. The third kappa shape index (κ3) is 4.63. The Labute approximate surface area is 156 Å². The van der Waals surface area contributed by atoms with Crippen LogP contribution in [-0.4, -0.2) is 55.9 Å². The topological polar surface area (TPSA) is 36.5 Å². The van der Waals surface area contributed by atoms with Crippen LogP contribution in [0, 0.1) is 11.7 Å². The first-order valence-electron chi connectivity index (χ1n) is 10.3. The number of hydrogen-bond donors (Lipinski definition) is 2. The minimum atomic E-state index is -0.152. The zero-order valence-electron chi connectivity index (χ0n) is 15.6. The van der Waals surface area contributed by atoms with Crippen molar-refractivity contribution in [2.75, 3.05) is 32.8 Å². The molecule has 2 heterocycles. The van der Waals surface area contributed by atoms with Crippen LogP contribution in [0.15, 0.2) is 24.3 Å². The quantitative estimate of drug-likeness (QED) is 0.845. The largest absolute Gasteiger partial charge is 0.379 e. The van der Waals surface area contributed by atoms with Crippen molar-refractivity contribution in [3.8, 4) is 0 Å². The van der Waals surface area contributed by atoms with Crippen LogP contribution in [-0.2, 0) is 11.3 Å². The molecule has 2 aliphatic heterocycles. The van der Waals surface area contributed by atoms with Crippen LogP contribution < -0.4 is 10.6 Å². The normalized spacial score (nSPS) is 31.3. The molecule has 1 aliphatic carbocycles. The number of nitrogens with zero attached hydrogens (tertiary/aromatic N) is 1. The van der Waals surface area contributed by atoms with Crippen molar-refractivity contribution in [2.24, 2.45) is 5.92 Å². The molecule has 1 aromatic carbocycles. The van der Waals surface area contributed by atoms with Gasteiger partial charge in [-0.2, -0.15) is 0 Å². The summed E-state index contributed by atoms with van der Waals surface area (Å²) in [6, 6.07) is 8.74. The summed E-state index contributed by atoms with van der Waals surface area (Å²) in [5.41, 5.74) is 1.21. The van der Waals surface area contributed by atoms with Crippen molar-refractivity contribution < 1.29 is 9.13 Å². The SMILES string of the molecule is Fc1ccc(CN2CCC(NC3CCCC3C3COCCN3)CC2)cc1. The Bertz CT molecular complexity index is 553. The Morgan fingerprint density at radius 3 is 2.65 bits per heavy atom. The average molecular weight is 362 g/mol. The number of likely N-dealkylation sites (tertiary alicyclic amines) is 1. The summed E-state index contributed by atoms with van der Waals surface area (Å²) in [6.07, 6.45) is 6.38. The van der Waals surface area contributed by atoms with Crippen LogP contribution in [0.4, 0.5) is 4.39 Å². The van der Waals surface area contributed by atoms with E-state index < -0.39 is 0 Å². The summed E-state index contributed by atoms with van der Waals surface area (Å²) in [5.74, 6) is 0.563. The molecule has 2 N–H and O–H groups in total. The number of benzene rings is 1. The number of piperidine rings is 1. The standard InChI is InChI=1S/C21H32FN3O/c22-17-6-4-16(5-7-17)14-25-11-8-18(9-12-25)24-20-3-1-2-19(20)21-15-26-13-10-23-21/h4-7,18-21,23-24H,1-3,8-15H2. The predicted molar refractivity (Wildman–Crippen MR) is 102 cm³/mol. The van der Waals surface area contributed by atoms with E-state index in [1.54, 1.807) is 12.1 Å². The Morgan fingerprint density at radius 1 is 1.12 bits per heavy atom. The van der Waals surface area contributed by atoms with Crippen LogP contribution in [0.2, 0.25) is 0 Å². The summed E-state index contributed by atoms with van der Waals surface area (Å²) < 4.78 is 18.7. The fourth-order valence-corrected chi connectivity index (χ4v) is 4.95. The van der Waals surface area contributed by atoms with E-state index in [1.807, 2.05) is 12.1 Å². The fraction of sp³-hybridized carbons (Fsp3) is 0.714. The molecule has 26 heavy (non-hydrogen) atoms. The lowest BCUT2D eigenvalue weighted by Gasteiger charge is -2.37. The molecule has 3 fully saturated rings. The number of halogens is 1. The highest BCUT2D eigenvalue weighted by Crippen LogP contribution is 2.30. The number of rotatable bonds is 5. The summed E-state index contributed by atoms with van der Waals surface area (Å²) >= 11 is 0. The summed E-state index contributed by atoms with van der Waals surface area (Å²) in [7, 11) is 0. The molecule has 1 saturated carbocycles. The molecule has 4 rings (SSSR count). The van der Waals surface area contributed by atoms with Gasteiger partial charge in [0.25, 0.3) is 0 Å². The molecule has 0 bridgehead atoms. The molecule has 3 aliphatic rings. The van der Waals surface area contributed by atoms with Crippen LogP contribution >= 0.6 is 0 Å². The van der Waals surface area contributed by atoms with Gasteiger partial charge in [0.1, 0.15) is 5.82 Å². The van der Waals surface area contributed by atoms with Gasteiger partial charge in [-0.3, -0.25) is 4.90 Å². The third-order valence-electron chi connectivity index (χ3n) is 6.39. The Morgan fingerprint density at radius 2 is 1.92 bits per heavy atom. The van der Waals surface area contributed by atoms with Crippen LogP contribution in [0.1, 0.15) is 37.7 Å². The van der Waals surface area contributed by atoms with Gasteiger partial charge >= 0.3 is 0 Å². The number of morpholine rings is 1. The van der Waals surface area contributed by atoms with Gasteiger partial charge in [0.05, 0.1) is 13.2 Å². The number of hydrogen-bond acceptors (Lipinski definition) is 4. The van der Waals surface area contributed by atoms with Crippen molar-refractivity contribution in [1.82, 2.24) is 15.5 Å². The highest BCUT2D eigenvalue weighted by molar-refractivity contribution is 5.16. The zero-order valence-corrected chi connectivity index (χ0v) is 15.6. The molecule has 2 saturated heterocycles. The maximum Gasteiger partial charge on any atom is 0.123 e. The van der Waals surface area contributed by atoms with Crippen molar-refractivity contribution >= 4 is 0 Å². The monoisotopic (exact) mass is 361 g/mol. The maximum absolute atomic E-state index is 13.0. The Kier molecular flexibility index (Phi) is 6.20. The molecule has 1 aromatic rings. The highest BCUT2D eigenvalue weighted by Gasteiger charge is 2.36. The first kappa shape index (κ1) is 18.4. The van der Waals surface area contributed by atoms with E-state index in [0.29, 0.717) is 24.0 Å². The van der Waals surface area contributed by atoms with Crippen molar-refractivity contribution in [3.63, 3.8) is 0 Å². The minimum Gasteiger partial charge on any atom is -0.379 e. The van der Waals surface area contributed by atoms with E-state index in [0.717, 1.165) is 39.4 Å². The molecule has 0 spiro atoms. The van der Waals surface area contributed by atoms with E-state index in [9.17, 15) is 4.39 Å². The molecule has 4 nitrogen and oxygen atoms in total. The first-order chi connectivity index (χ1) is 12.8. The van der Waals surface area contributed by atoms with Gasteiger partial charge in [0.15, 0.2) is 0 Å². The predicted octanol–water partition coefficient (Wildman–Crippen LogP) is 2.54. The maximum atomic E-state index is 13.0. The summed E-state index contributed by atoms with van der Waals surface area (Å²) in [5, 5.41) is 7.65. The van der Waals surface area contributed by atoms with E-state index in [-0.39, 0.29) is 5.82 Å². The average Bonchev–Trinajstić information content (AvgIpc) is 3.14. The van der Waals surface area contributed by atoms with E-state index in [2.05, 4.69) is 15.5 Å². The first-order valence-corrected chi connectivity index (χ1v) is 10.3. The second kappa shape index (κ2) is 8.79. The fourth-order valence-electron chi connectivity index (χ4n) is 4.95. The molecule has 3 unspecified atom stereocenters. The van der Waals surface area contributed by atoms with Crippen molar-refractivity contribution in [2.45, 2.75) is 56.8 Å². The molecule has 144 valence electrons. The zero-order chi connectivity index (χ0) is 17.8. The van der Waals surface area contributed by atoms with E-state index >= 15 is 0 Å². The van der Waals surface area contributed by atoms with Crippen LogP contribution in [0.3, 0.4) is 0 Å². The molecular weight excluding hydrogens is 329 g/mol. The number of nitrogens with one attached hydrogen (secondary N) is 2. The van der Waals surface area contributed by atoms with Gasteiger partial charge in [-0.1, -0.05) is 18.6 Å². The summed E-state index contributed by atoms with van der Waals surface area (Å²) in [6.45, 7) is 5.90. The van der Waals surface area contributed by atoms with Gasteiger partial charge in [0.2, 0.25) is 0 Å². The second-order valence-corrected chi connectivity index (χ2v) is 8.18. The molecule has 0 radical (unpaired) electrons. The Balaban J connectivity index is 1.23. The van der Waals surface area contributed by atoms with E-state index in [1.165, 1.54) is 37.7 Å². The number of ether oxygens (including phenoxy) is 1. The third-order valence-corrected chi connectivity index (χ3v) is 6.39. The minimum absolute atomic E-state index is 0.152. The van der Waals surface area contributed by atoms with Crippen molar-refractivity contribution in [3.05, 3.63) is 35.6 Å². The van der Waals surface area contributed by atoms with Crippen molar-refractivity contribution in [1.29, 1.82) is 0 Å². The molecular formula is C21H32FN3O.